The summed E-state index contributed by atoms with van der Waals surface area (Å²) in [5, 5.41) is 66.2. The number of amides is 12. The number of aliphatic hydroxyl groups excluding tert-OH is 4. The lowest BCUT2D eigenvalue weighted by molar-refractivity contribution is -0.144. The van der Waals surface area contributed by atoms with Gasteiger partial charge in [0.1, 0.15) is 54.0 Å². The van der Waals surface area contributed by atoms with Gasteiger partial charge in [-0.1, -0.05) is 103 Å². The highest BCUT2D eigenvalue weighted by Gasteiger charge is 2.43. The molecule has 0 spiro atoms. The van der Waals surface area contributed by atoms with Crippen molar-refractivity contribution < 1.29 is 78.0 Å². The summed E-state index contributed by atoms with van der Waals surface area (Å²) < 4.78 is 0. The predicted octanol–water partition coefficient (Wildman–Crippen LogP) is -3.21. The van der Waals surface area contributed by atoms with Crippen LogP contribution in [0.5, 0.6) is 0 Å². The van der Waals surface area contributed by atoms with E-state index >= 15 is 0 Å². The largest absolute Gasteiger partial charge is 0.394 e. The van der Waals surface area contributed by atoms with Crippen molar-refractivity contribution >= 4 is 70.9 Å². The van der Waals surface area contributed by atoms with Gasteiger partial charge in [0.2, 0.25) is 59.1 Å². The summed E-state index contributed by atoms with van der Waals surface area (Å²) in [7, 11) is 0. The normalized spacial score (nSPS) is 27.7. The number of rotatable bonds is 17. The monoisotopic (exact) mass is 1210 g/mol. The zero-order valence-corrected chi connectivity index (χ0v) is 50.1. The van der Waals surface area contributed by atoms with E-state index in [4.69, 9.17) is 5.73 Å². The first kappa shape index (κ1) is 70.9. The van der Waals surface area contributed by atoms with Gasteiger partial charge in [-0.3, -0.25) is 57.5 Å². The number of nitrogens with one attached hydrogen (secondary N) is 9. The van der Waals surface area contributed by atoms with Gasteiger partial charge in [-0.25, -0.2) is 0 Å². The number of aliphatic hydroxyl groups is 4. The van der Waals surface area contributed by atoms with Crippen molar-refractivity contribution in [2.24, 2.45) is 17.6 Å². The number of carbonyl (C=O) groups excluding carboxylic acids is 12. The van der Waals surface area contributed by atoms with E-state index in [0.717, 1.165) is 18.9 Å². The number of unbranched alkanes of at least 4 members (excludes halogenated alkanes) is 2. The predicted molar refractivity (Wildman–Crippen MR) is 310 cm³/mol. The first-order valence-corrected chi connectivity index (χ1v) is 29.8. The fourth-order valence-electron chi connectivity index (χ4n) is 10.4. The molecule has 3 saturated heterocycles. The molecule has 28 heteroatoms. The maximum atomic E-state index is 14.6. The number of nitrogens with two attached hydrogens (primary N) is 1. The standard InChI is InChI=1S/C58H90N12O16/c1-7-11-13-20-35(73)28-38-48(76)57(85)62-37(23-24-44(59)74)49(77)60-29-45(75)69-25-16-21-42(69)54(82)64-39(27-34-18-14-12-15-19-34)51(79)67-46(32(5)8-2)56(84)66-40(30-71)52(80)61-36(10-4)50(78)65-41(31-72)53(81)68-47(33(6)9-3)58(86)70-26-17-22-43(70)55(83)63-38/h10,12,14-15,18-19,32-33,35,37-43,46-48,71-73,76H,7-9,11,13,16-17,20-31H2,1-6H3,(H2,59,74)(H,60,77)(H,61,80)(H,62,85)(H,63,83)(H,64,82)(H,65,78)(H,66,84)(H,67,79)(H,68,81)/b36-10-/t32-,33-,35?,37?,38?,39-,40?,41?,42-,43-,46+,47+,48?/m0/s1. The van der Waals surface area contributed by atoms with Crippen molar-refractivity contribution in [3.8, 4) is 0 Å². The second-order valence-corrected chi connectivity index (χ2v) is 22.3. The van der Waals surface area contributed by atoms with Gasteiger partial charge in [-0.15, -0.1) is 0 Å². The van der Waals surface area contributed by atoms with E-state index in [1.54, 1.807) is 58.0 Å². The Kier molecular flexibility index (Phi) is 29.0. The maximum Gasteiger partial charge on any atom is 0.268 e. The lowest BCUT2D eigenvalue weighted by Crippen LogP contribution is -2.61. The molecule has 13 atom stereocenters. The van der Waals surface area contributed by atoms with E-state index in [1.165, 1.54) is 16.7 Å². The van der Waals surface area contributed by atoms with E-state index in [-0.39, 0.29) is 45.2 Å². The number of hydrogen-bond donors (Lipinski definition) is 14. The minimum atomic E-state index is -2.17. The summed E-state index contributed by atoms with van der Waals surface area (Å²) >= 11 is 0. The van der Waals surface area contributed by atoms with Crippen LogP contribution in [0.4, 0.5) is 0 Å². The van der Waals surface area contributed by atoms with Gasteiger partial charge in [-0.05, 0) is 69.3 Å². The molecule has 0 radical (unpaired) electrons. The number of nitrogens with zero attached hydrogens (tertiary/aromatic N) is 2. The number of fused-ring (bicyclic) bond motifs is 2. The van der Waals surface area contributed by atoms with E-state index in [2.05, 4.69) is 47.9 Å². The van der Waals surface area contributed by atoms with E-state index in [0.29, 0.717) is 37.7 Å². The molecule has 0 bridgehead atoms. The van der Waals surface area contributed by atoms with Gasteiger partial charge in [0, 0.05) is 25.9 Å². The molecule has 12 amide bonds. The molecule has 4 rings (SSSR count). The lowest BCUT2D eigenvalue weighted by atomic mass is 9.96. The zero-order chi connectivity index (χ0) is 63.8. The summed E-state index contributed by atoms with van der Waals surface area (Å²) in [5.41, 5.74) is 5.54. The minimum absolute atomic E-state index is 0.0137. The number of benzene rings is 1. The van der Waals surface area contributed by atoms with Gasteiger partial charge in [-0.2, -0.15) is 0 Å². The van der Waals surface area contributed by atoms with Crippen LogP contribution in [0, 0.1) is 11.8 Å². The van der Waals surface area contributed by atoms with Crippen LogP contribution in [0.3, 0.4) is 0 Å². The number of allylic oxidation sites excluding steroid dienone is 1. The Bertz CT molecular complexity index is 2570. The molecular weight excluding hydrogens is 1120 g/mol. The fraction of sp³-hybridized carbons (Fsp3) is 0.655. The molecule has 0 aromatic heterocycles. The quantitative estimate of drug-likeness (QED) is 0.0539. The summed E-state index contributed by atoms with van der Waals surface area (Å²) in [4.78, 5) is 169. The topological polar surface area (TPSA) is 427 Å². The molecule has 3 aliphatic heterocycles. The highest BCUT2D eigenvalue weighted by atomic mass is 16.3. The van der Waals surface area contributed by atoms with Crippen LogP contribution < -0.4 is 53.6 Å². The Labute approximate surface area is 501 Å². The molecule has 478 valence electrons. The highest BCUT2D eigenvalue weighted by molar-refractivity contribution is 6.03. The van der Waals surface area contributed by atoms with Gasteiger partial charge in [0.25, 0.3) is 11.8 Å². The highest BCUT2D eigenvalue weighted by Crippen LogP contribution is 2.24. The van der Waals surface area contributed by atoms with Crippen molar-refractivity contribution in [2.75, 3.05) is 32.8 Å². The van der Waals surface area contributed by atoms with Crippen molar-refractivity contribution in [3.05, 3.63) is 47.7 Å². The van der Waals surface area contributed by atoms with Crippen LogP contribution in [0.25, 0.3) is 0 Å². The fourth-order valence-corrected chi connectivity index (χ4v) is 10.4. The Morgan fingerprint density at radius 2 is 1.22 bits per heavy atom. The lowest BCUT2D eigenvalue weighted by Gasteiger charge is -2.33. The molecular formula is C58H90N12O16. The summed E-state index contributed by atoms with van der Waals surface area (Å²) in [5.74, 6) is -12.4. The Morgan fingerprint density at radius 3 is 1.83 bits per heavy atom. The van der Waals surface area contributed by atoms with E-state index in [1.807, 2.05) is 6.92 Å². The van der Waals surface area contributed by atoms with Crippen LogP contribution in [-0.4, -0.2) is 201 Å². The average Bonchev–Trinajstić information content (AvgIpc) is 2.99. The Balaban J connectivity index is 1.77. The average molecular weight is 1210 g/mol. The molecule has 28 nitrogen and oxygen atoms in total. The summed E-state index contributed by atoms with van der Waals surface area (Å²) in [6, 6.07) is -4.61. The van der Waals surface area contributed by atoms with Crippen molar-refractivity contribution in [1.82, 2.24) is 57.7 Å². The molecule has 15 N–H and O–H groups in total. The molecule has 3 heterocycles. The number of primary amides is 1. The summed E-state index contributed by atoms with van der Waals surface area (Å²) in [6.07, 6.45) is 0.188. The smallest absolute Gasteiger partial charge is 0.268 e. The summed E-state index contributed by atoms with van der Waals surface area (Å²) in [6.45, 7) is 7.36. The van der Waals surface area contributed by atoms with Gasteiger partial charge in [0.15, 0.2) is 6.10 Å². The van der Waals surface area contributed by atoms with E-state index < -0.39 is 188 Å². The molecule has 3 aliphatic rings. The van der Waals surface area contributed by atoms with Crippen molar-refractivity contribution in [2.45, 2.75) is 198 Å². The molecule has 6 unspecified atom stereocenters. The second-order valence-electron chi connectivity index (χ2n) is 22.3. The van der Waals surface area contributed by atoms with Crippen molar-refractivity contribution in [3.63, 3.8) is 0 Å². The van der Waals surface area contributed by atoms with Crippen LogP contribution in [0.2, 0.25) is 0 Å². The first-order chi connectivity index (χ1) is 40.9. The Morgan fingerprint density at radius 1 is 0.663 bits per heavy atom. The second kappa shape index (κ2) is 35.2. The Hall–Kier alpha value is -7.56. The molecule has 1 aromatic carbocycles. The van der Waals surface area contributed by atoms with Crippen LogP contribution in [0.1, 0.15) is 131 Å². The molecule has 3 fully saturated rings. The number of carbonyl (C=O) groups is 12. The molecule has 0 saturated carbocycles. The third-order valence-corrected chi connectivity index (χ3v) is 16.0. The minimum Gasteiger partial charge on any atom is -0.394 e. The zero-order valence-electron chi connectivity index (χ0n) is 50.1. The van der Waals surface area contributed by atoms with Crippen LogP contribution >= 0.6 is 0 Å². The van der Waals surface area contributed by atoms with Gasteiger partial charge < -0.3 is 83.8 Å². The maximum absolute atomic E-state index is 14.6. The third-order valence-electron chi connectivity index (χ3n) is 16.0. The third kappa shape index (κ3) is 20.6. The van der Waals surface area contributed by atoms with Crippen LogP contribution in [0.15, 0.2) is 42.1 Å². The van der Waals surface area contributed by atoms with E-state index in [9.17, 15) is 78.0 Å². The first-order valence-electron chi connectivity index (χ1n) is 29.8. The SMILES string of the molecule is C/C=C1\NC(=O)C(CO)NC(=O)[C@@H]([C@@H](C)CC)NC(=O)[C@H](Cc2ccccc2)NC(=O)[C@@H]2CCCN2C(=O)CNC(=O)C(CCC(N)=O)NC(=O)C(O)C(CC(O)CCCCC)NC(=O)[C@@H]2CCCN2C(=O)[C@@H]([C@@H](C)CC)NC(=O)C(CO)NC1=O. The van der Waals surface area contributed by atoms with Crippen LogP contribution in [-0.2, 0) is 64.0 Å². The van der Waals surface area contributed by atoms with Gasteiger partial charge >= 0.3 is 0 Å². The van der Waals surface area contributed by atoms with Crippen molar-refractivity contribution in [1.29, 1.82) is 0 Å². The molecule has 1 aromatic rings. The molecule has 86 heavy (non-hydrogen) atoms. The van der Waals surface area contributed by atoms with Gasteiger partial charge in [0.05, 0.1) is 31.9 Å². The number of hydrogen-bond acceptors (Lipinski definition) is 16. The molecule has 0 aliphatic carbocycles.